The van der Waals surface area contributed by atoms with Crippen molar-refractivity contribution < 1.29 is 21.5 Å². The van der Waals surface area contributed by atoms with Crippen molar-refractivity contribution >= 4 is 21.3 Å². The molecule has 27 heavy (non-hydrogen) atoms. The summed E-state index contributed by atoms with van der Waals surface area (Å²) < 4.78 is 0. The zero-order chi connectivity index (χ0) is 21.3. The minimum atomic E-state index is -0.902. The molecule has 0 bridgehead atoms. The first kappa shape index (κ1) is 26.7. The molecule has 1 saturated heterocycles. The van der Waals surface area contributed by atoms with Gasteiger partial charge in [0.15, 0.2) is 0 Å². The molecular weight excluding hydrogens is 357 g/mol. The summed E-state index contributed by atoms with van der Waals surface area (Å²) in [5, 5.41) is 29.7. The van der Waals surface area contributed by atoms with Crippen molar-refractivity contribution in [2.45, 2.75) is 78.3 Å². The quantitative estimate of drug-likeness (QED) is 0.549. The van der Waals surface area contributed by atoms with Crippen LogP contribution in [0, 0.1) is 22.2 Å². The fourth-order valence-electron chi connectivity index (χ4n) is 2.98. The van der Waals surface area contributed by atoms with Crippen LogP contribution in [0.15, 0.2) is 0 Å². The molecule has 1 amide bonds. The first-order valence-corrected chi connectivity index (χ1v) is 11.9. The van der Waals surface area contributed by atoms with E-state index in [1.807, 2.05) is 0 Å². The van der Waals surface area contributed by atoms with Crippen molar-refractivity contribution in [1.82, 2.24) is 4.90 Å². The molecule has 1 heterocycles. The second kappa shape index (κ2) is 11.7. The maximum Gasteiger partial charge on any atom is 0.407 e. The Labute approximate surface area is 174 Å². The Balaban J connectivity index is 0. The van der Waals surface area contributed by atoms with E-state index in [0.29, 0.717) is 58.4 Å². The third-order valence-corrected chi connectivity index (χ3v) is 8.98. The number of piperidine rings is 1. The molecule has 160 valence electrons. The summed E-state index contributed by atoms with van der Waals surface area (Å²) in [5.41, 5.74) is 0.703. The molecule has 0 atom stereocenters. The average Bonchev–Trinajstić information content (AvgIpc) is 2.54. The van der Waals surface area contributed by atoms with Crippen LogP contribution in [-0.2, 0) is 0 Å². The van der Waals surface area contributed by atoms with Crippen molar-refractivity contribution in [1.29, 1.82) is 0 Å². The summed E-state index contributed by atoms with van der Waals surface area (Å²) in [4.78, 5) is 12.0. The van der Waals surface area contributed by atoms with Crippen molar-refractivity contribution in [2.75, 3.05) is 26.3 Å². The Morgan fingerprint density at radius 2 is 1.67 bits per heavy atom. The molecule has 5 nitrogen and oxygen atoms in total. The number of carbonyl (C=O) groups is 1. The third kappa shape index (κ3) is 9.65. The SMILES string of the molecule is CC(C)[CH2][Al+][CH2]C(C)(C)C(C)(C)C.O=C(O)N1CCC(CO)(CCO)CC1.[H-]. The van der Waals surface area contributed by atoms with E-state index in [2.05, 4.69) is 48.5 Å². The van der Waals surface area contributed by atoms with Crippen LogP contribution >= 0.6 is 0 Å². The Morgan fingerprint density at radius 3 is 2.00 bits per heavy atom. The Kier molecular flexibility index (Phi) is 11.5. The van der Waals surface area contributed by atoms with Crippen LogP contribution < -0.4 is 0 Å². The Hall–Kier alpha value is -0.278. The predicted octanol–water partition coefficient (Wildman–Crippen LogP) is 4.49. The van der Waals surface area contributed by atoms with E-state index >= 15 is 0 Å². The van der Waals surface area contributed by atoms with Gasteiger partial charge in [0.2, 0.25) is 0 Å². The van der Waals surface area contributed by atoms with Crippen LogP contribution in [0.2, 0.25) is 10.6 Å². The summed E-state index contributed by atoms with van der Waals surface area (Å²) in [6.07, 6.45) is 0.921. The van der Waals surface area contributed by atoms with E-state index in [1.165, 1.54) is 15.5 Å². The number of hydrogen-bond acceptors (Lipinski definition) is 3. The summed E-state index contributed by atoms with van der Waals surface area (Å²) in [5.74, 6) is 0.894. The first-order valence-electron chi connectivity index (χ1n) is 10.3. The Morgan fingerprint density at radius 1 is 1.15 bits per heavy atom. The van der Waals surface area contributed by atoms with Crippen molar-refractivity contribution in [2.24, 2.45) is 22.2 Å². The molecule has 1 rings (SSSR count). The van der Waals surface area contributed by atoms with E-state index in [4.69, 9.17) is 10.2 Å². The predicted molar refractivity (Wildman–Crippen MR) is 115 cm³/mol. The maximum absolute atomic E-state index is 10.6. The van der Waals surface area contributed by atoms with E-state index < -0.39 is 6.09 Å². The molecule has 0 unspecified atom stereocenters. The van der Waals surface area contributed by atoms with Gasteiger partial charge in [0.05, 0.1) is 0 Å². The number of carboxylic acid groups (broad SMARTS) is 1. The van der Waals surface area contributed by atoms with Gasteiger partial charge in [-0.3, -0.25) is 0 Å². The van der Waals surface area contributed by atoms with Gasteiger partial charge in [-0.25, -0.2) is 4.79 Å². The van der Waals surface area contributed by atoms with Gasteiger partial charge in [0, 0.05) is 26.3 Å². The fourth-order valence-corrected chi connectivity index (χ4v) is 5.15. The van der Waals surface area contributed by atoms with Crippen LogP contribution in [0.4, 0.5) is 4.79 Å². The number of nitrogens with zero attached hydrogens (tertiary/aromatic N) is 1. The average molecular weight is 402 g/mol. The van der Waals surface area contributed by atoms with Gasteiger partial charge in [0.25, 0.3) is 0 Å². The van der Waals surface area contributed by atoms with Gasteiger partial charge >= 0.3 is 97.1 Å². The molecule has 1 aliphatic heterocycles. The number of likely N-dealkylation sites (tertiary alicyclic amines) is 1. The van der Waals surface area contributed by atoms with Crippen molar-refractivity contribution in [3.8, 4) is 0 Å². The van der Waals surface area contributed by atoms with Crippen LogP contribution in [-0.4, -0.2) is 67.8 Å². The molecule has 0 aromatic carbocycles. The molecular formula is C21H44AlNO4. The monoisotopic (exact) mass is 401 g/mol. The van der Waals surface area contributed by atoms with Crippen LogP contribution in [0.1, 0.15) is 69.2 Å². The molecule has 0 radical (unpaired) electrons. The number of amides is 1. The molecule has 0 aliphatic carbocycles. The molecule has 0 aromatic rings. The standard InChI is InChI=1S/C9H17NO4.C8H17.C4H9.Al.H/c11-6-3-9(7-12)1-4-10(5-2-9)8(13)14;1-7(2,3)8(4,5)6;1-4(2)3;;/h11-12H,1-7H2,(H,13,14);1H2,2-6H3;4H,1H2,2-3H3;;/q;;;+1;-1. The molecule has 3 N–H and O–H groups in total. The molecule has 0 aromatic heterocycles. The third-order valence-electron chi connectivity index (χ3n) is 6.40. The van der Waals surface area contributed by atoms with E-state index in [0.717, 1.165) is 5.92 Å². The first-order chi connectivity index (χ1) is 12.3. The zero-order valence-electron chi connectivity index (χ0n) is 19.7. The minimum absolute atomic E-state index is 0. The Bertz CT molecular complexity index is 431. The van der Waals surface area contributed by atoms with Gasteiger partial charge < -0.3 is 21.6 Å². The summed E-state index contributed by atoms with van der Waals surface area (Å²) >= 11 is 0.659. The fraction of sp³-hybridized carbons (Fsp3) is 0.952. The zero-order valence-corrected chi connectivity index (χ0v) is 19.9. The molecule has 0 saturated carbocycles. The number of aliphatic hydroxyl groups excluding tert-OH is 2. The smallest absolute Gasteiger partial charge is 0.407 e. The largest absolute Gasteiger partial charge is 1.00 e. The maximum atomic E-state index is 10.6. The molecule has 1 fully saturated rings. The topological polar surface area (TPSA) is 81.0 Å². The van der Waals surface area contributed by atoms with Gasteiger partial charge in [0.1, 0.15) is 0 Å². The van der Waals surface area contributed by atoms with Crippen LogP contribution in [0.3, 0.4) is 0 Å². The van der Waals surface area contributed by atoms with Gasteiger partial charge in [-0.1, -0.05) is 0 Å². The van der Waals surface area contributed by atoms with Crippen LogP contribution in [0.5, 0.6) is 0 Å². The van der Waals surface area contributed by atoms with E-state index in [1.54, 1.807) is 0 Å². The van der Waals surface area contributed by atoms with Gasteiger partial charge in [-0.2, -0.15) is 0 Å². The van der Waals surface area contributed by atoms with E-state index in [-0.39, 0.29) is 20.1 Å². The second-order valence-electron chi connectivity index (χ2n) is 10.2. The second-order valence-corrected chi connectivity index (χ2v) is 11.6. The van der Waals surface area contributed by atoms with Crippen LogP contribution in [0.25, 0.3) is 0 Å². The number of hydrogen-bond donors (Lipinski definition) is 3. The summed E-state index contributed by atoms with van der Waals surface area (Å²) in [7, 11) is 0. The molecule has 6 heteroatoms. The normalized spacial score (nSPS) is 17.2. The molecule has 1 aliphatic rings. The number of aliphatic hydroxyl groups is 2. The number of rotatable bonds is 7. The van der Waals surface area contributed by atoms with Crippen molar-refractivity contribution in [3.63, 3.8) is 0 Å². The van der Waals surface area contributed by atoms with Crippen molar-refractivity contribution in [3.05, 3.63) is 0 Å². The van der Waals surface area contributed by atoms with Gasteiger partial charge in [-0.05, 0) is 24.7 Å². The van der Waals surface area contributed by atoms with Gasteiger partial charge in [-0.15, -0.1) is 0 Å². The summed E-state index contributed by atoms with van der Waals surface area (Å²) in [6, 6.07) is 0. The minimum Gasteiger partial charge on any atom is -1.00 e. The van der Waals surface area contributed by atoms with E-state index in [9.17, 15) is 9.90 Å². The molecule has 0 spiro atoms. The summed E-state index contributed by atoms with van der Waals surface area (Å²) in [6.45, 7) is 17.6.